The first-order chi connectivity index (χ1) is 6.09. The summed E-state index contributed by atoms with van der Waals surface area (Å²) in [5.74, 6) is -0.729. The van der Waals surface area contributed by atoms with Gasteiger partial charge in [-0.15, -0.1) is 0 Å². The summed E-state index contributed by atoms with van der Waals surface area (Å²) in [4.78, 5) is 12.6. The van der Waals surface area contributed by atoms with Crippen LogP contribution in [0.3, 0.4) is 0 Å². The smallest absolute Gasteiger partial charge is 0.304 e. The van der Waals surface area contributed by atoms with E-state index in [-0.39, 0.29) is 6.42 Å². The van der Waals surface area contributed by atoms with Crippen LogP contribution >= 0.6 is 0 Å². The van der Waals surface area contributed by atoms with Crippen molar-refractivity contribution in [3.05, 3.63) is 0 Å². The van der Waals surface area contributed by atoms with Crippen LogP contribution in [0.25, 0.3) is 0 Å². The van der Waals surface area contributed by atoms with Crippen molar-refractivity contribution in [2.24, 2.45) is 0 Å². The molecule has 0 amide bonds. The third-order valence-corrected chi connectivity index (χ3v) is 2.41. The average Bonchev–Trinajstić information content (AvgIpc) is 1.92. The number of nitrogens with one attached hydrogen (secondary N) is 1. The van der Waals surface area contributed by atoms with Gasteiger partial charge in [0, 0.05) is 31.7 Å². The second kappa shape index (κ2) is 4.58. The van der Waals surface area contributed by atoms with Crippen LogP contribution in [0, 0.1) is 0 Å². The maximum absolute atomic E-state index is 10.2. The highest BCUT2D eigenvalue weighted by Gasteiger charge is 2.27. The van der Waals surface area contributed by atoms with E-state index in [0.29, 0.717) is 18.6 Å². The van der Waals surface area contributed by atoms with Gasteiger partial charge in [0.25, 0.3) is 0 Å². The fraction of sp³-hybridized carbons (Fsp3) is 0.889. The number of hydrogen-bond acceptors (Lipinski definition) is 3. The zero-order valence-electron chi connectivity index (χ0n) is 8.29. The molecule has 13 heavy (non-hydrogen) atoms. The Morgan fingerprint density at radius 1 is 1.62 bits per heavy atom. The summed E-state index contributed by atoms with van der Waals surface area (Å²) in [6.45, 7) is 7.04. The van der Waals surface area contributed by atoms with Crippen LogP contribution in [0.2, 0.25) is 0 Å². The van der Waals surface area contributed by atoms with Gasteiger partial charge in [0.05, 0.1) is 6.42 Å². The zero-order valence-corrected chi connectivity index (χ0v) is 8.29. The molecule has 76 valence electrons. The first-order valence-corrected chi connectivity index (χ1v) is 4.79. The number of hydrogen-bond donors (Lipinski definition) is 2. The number of carboxylic acid groups (broad SMARTS) is 1. The average molecular weight is 186 g/mol. The van der Waals surface area contributed by atoms with E-state index in [2.05, 4.69) is 24.1 Å². The Morgan fingerprint density at radius 3 is 2.69 bits per heavy atom. The van der Waals surface area contributed by atoms with Gasteiger partial charge >= 0.3 is 5.97 Å². The third kappa shape index (κ3) is 3.32. The monoisotopic (exact) mass is 186 g/mol. The molecule has 1 rings (SSSR count). The molecule has 0 bridgehead atoms. The Kier molecular flexibility index (Phi) is 3.69. The summed E-state index contributed by atoms with van der Waals surface area (Å²) >= 11 is 0. The van der Waals surface area contributed by atoms with Crippen molar-refractivity contribution in [2.75, 3.05) is 19.6 Å². The SMILES string of the molecule is CC(C)N1CC(NCCC(=O)O)C1. The van der Waals surface area contributed by atoms with Crippen LogP contribution in [0.15, 0.2) is 0 Å². The van der Waals surface area contributed by atoms with Crippen LogP contribution in [-0.2, 0) is 4.79 Å². The van der Waals surface area contributed by atoms with Crippen molar-refractivity contribution in [2.45, 2.75) is 32.4 Å². The fourth-order valence-corrected chi connectivity index (χ4v) is 1.45. The lowest BCUT2D eigenvalue weighted by Gasteiger charge is -2.42. The Balaban J connectivity index is 1.99. The molecule has 4 heteroatoms. The molecule has 0 atom stereocenters. The Bertz CT molecular complexity index is 176. The molecule has 1 saturated heterocycles. The van der Waals surface area contributed by atoms with Gasteiger partial charge in [-0.1, -0.05) is 0 Å². The van der Waals surface area contributed by atoms with Crippen LogP contribution in [0.1, 0.15) is 20.3 Å². The molecule has 0 aromatic carbocycles. The third-order valence-electron chi connectivity index (χ3n) is 2.41. The van der Waals surface area contributed by atoms with E-state index in [0.717, 1.165) is 13.1 Å². The normalized spacial score (nSPS) is 19.0. The number of carboxylic acids is 1. The maximum atomic E-state index is 10.2. The highest BCUT2D eigenvalue weighted by molar-refractivity contribution is 5.66. The van der Waals surface area contributed by atoms with E-state index in [1.54, 1.807) is 0 Å². The first kappa shape index (κ1) is 10.5. The second-order valence-electron chi connectivity index (χ2n) is 3.84. The fourth-order valence-electron chi connectivity index (χ4n) is 1.45. The molecule has 1 aliphatic rings. The minimum Gasteiger partial charge on any atom is -0.481 e. The molecule has 0 radical (unpaired) electrons. The largest absolute Gasteiger partial charge is 0.481 e. The predicted octanol–water partition coefficient (Wildman–Crippen LogP) is 0.143. The Morgan fingerprint density at radius 2 is 2.23 bits per heavy atom. The van der Waals surface area contributed by atoms with Crippen molar-refractivity contribution in [1.82, 2.24) is 10.2 Å². The summed E-state index contributed by atoms with van der Waals surface area (Å²) in [6.07, 6.45) is 0.220. The van der Waals surface area contributed by atoms with E-state index in [4.69, 9.17) is 5.11 Å². The second-order valence-corrected chi connectivity index (χ2v) is 3.84. The molecule has 0 saturated carbocycles. The van der Waals surface area contributed by atoms with Crippen molar-refractivity contribution >= 4 is 5.97 Å². The lowest BCUT2D eigenvalue weighted by molar-refractivity contribution is -0.136. The number of nitrogens with zero attached hydrogens (tertiary/aromatic N) is 1. The van der Waals surface area contributed by atoms with Crippen molar-refractivity contribution in [3.63, 3.8) is 0 Å². The van der Waals surface area contributed by atoms with Crippen molar-refractivity contribution < 1.29 is 9.90 Å². The van der Waals surface area contributed by atoms with E-state index in [9.17, 15) is 4.79 Å². The Labute approximate surface area is 78.9 Å². The summed E-state index contributed by atoms with van der Waals surface area (Å²) in [7, 11) is 0. The predicted molar refractivity (Wildman–Crippen MR) is 50.8 cm³/mol. The number of aliphatic carboxylic acids is 1. The molecule has 2 N–H and O–H groups in total. The van der Waals surface area contributed by atoms with E-state index in [1.807, 2.05) is 0 Å². The van der Waals surface area contributed by atoms with Gasteiger partial charge in [0.15, 0.2) is 0 Å². The molecular formula is C9H18N2O2. The molecule has 0 aliphatic carbocycles. The van der Waals surface area contributed by atoms with Crippen LogP contribution < -0.4 is 5.32 Å². The summed E-state index contributed by atoms with van der Waals surface area (Å²) in [5.41, 5.74) is 0. The van der Waals surface area contributed by atoms with Gasteiger partial charge in [0.1, 0.15) is 0 Å². The van der Waals surface area contributed by atoms with E-state index in [1.165, 1.54) is 0 Å². The first-order valence-electron chi connectivity index (χ1n) is 4.79. The Hall–Kier alpha value is -0.610. The minimum absolute atomic E-state index is 0.220. The molecule has 0 unspecified atom stereocenters. The van der Waals surface area contributed by atoms with Gasteiger partial charge < -0.3 is 10.4 Å². The molecular weight excluding hydrogens is 168 g/mol. The molecule has 1 heterocycles. The minimum atomic E-state index is -0.729. The van der Waals surface area contributed by atoms with Crippen LogP contribution in [0.5, 0.6) is 0 Å². The standard InChI is InChI=1S/C9H18N2O2/c1-7(2)11-5-8(6-11)10-4-3-9(12)13/h7-8,10H,3-6H2,1-2H3,(H,12,13). The van der Waals surface area contributed by atoms with Crippen molar-refractivity contribution in [1.29, 1.82) is 0 Å². The summed E-state index contributed by atoms with van der Waals surface area (Å²) in [6, 6.07) is 1.11. The van der Waals surface area contributed by atoms with Gasteiger partial charge in [-0.05, 0) is 13.8 Å². The van der Waals surface area contributed by atoms with E-state index >= 15 is 0 Å². The molecule has 0 spiro atoms. The number of carbonyl (C=O) groups is 1. The highest BCUT2D eigenvalue weighted by atomic mass is 16.4. The molecule has 1 fully saturated rings. The van der Waals surface area contributed by atoms with Gasteiger partial charge in [-0.2, -0.15) is 0 Å². The highest BCUT2D eigenvalue weighted by Crippen LogP contribution is 2.11. The molecule has 4 nitrogen and oxygen atoms in total. The van der Waals surface area contributed by atoms with Crippen molar-refractivity contribution in [3.8, 4) is 0 Å². The number of likely N-dealkylation sites (tertiary alicyclic amines) is 1. The van der Waals surface area contributed by atoms with Gasteiger partial charge in [-0.3, -0.25) is 9.69 Å². The number of rotatable bonds is 5. The van der Waals surface area contributed by atoms with E-state index < -0.39 is 5.97 Å². The molecule has 1 aliphatic heterocycles. The lowest BCUT2D eigenvalue weighted by atomic mass is 10.1. The van der Waals surface area contributed by atoms with Gasteiger partial charge in [-0.25, -0.2) is 0 Å². The maximum Gasteiger partial charge on any atom is 0.304 e. The molecule has 0 aromatic rings. The zero-order chi connectivity index (χ0) is 9.84. The quantitative estimate of drug-likeness (QED) is 0.641. The molecule has 0 aromatic heterocycles. The summed E-state index contributed by atoms with van der Waals surface area (Å²) < 4.78 is 0. The van der Waals surface area contributed by atoms with Crippen LogP contribution in [0.4, 0.5) is 0 Å². The topological polar surface area (TPSA) is 52.6 Å². The summed E-state index contributed by atoms with van der Waals surface area (Å²) in [5, 5.41) is 11.6. The lowest BCUT2D eigenvalue weighted by Crippen LogP contribution is -2.60. The van der Waals surface area contributed by atoms with Gasteiger partial charge in [0.2, 0.25) is 0 Å². The van der Waals surface area contributed by atoms with Crippen LogP contribution in [-0.4, -0.2) is 47.7 Å².